The molecule has 1 atom stereocenters. The summed E-state index contributed by atoms with van der Waals surface area (Å²) < 4.78 is 0. The molecular weight excluding hydrogens is 156 g/mol. The van der Waals surface area contributed by atoms with Gasteiger partial charge in [0.15, 0.2) is 0 Å². The highest BCUT2D eigenvalue weighted by atomic mass is 16.4. The van der Waals surface area contributed by atoms with Crippen molar-refractivity contribution in [3.63, 3.8) is 0 Å². The number of hydrogen-bond acceptors (Lipinski definition) is 3. The van der Waals surface area contributed by atoms with Crippen molar-refractivity contribution in [2.75, 3.05) is 26.2 Å². The van der Waals surface area contributed by atoms with Crippen LogP contribution in [0, 0.1) is 0 Å². The van der Waals surface area contributed by atoms with Crippen molar-refractivity contribution in [1.82, 2.24) is 10.2 Å². The first-order valence-corrected chi connectivity index (χ1v) is 4.43. The van der Waals surface area contributed by atoms with Crippen LogP contribution in [0.5, 0.6) is 0 Å². The second-order valence-corrected chi connectivity index (χ2v) is 3.09. The zero-order valence-electron chi connectivity index (χ0n) is 7.42. The Kier molecular flexibility index (Phi) is 3.49. The van der Waals surface area contributed by atoms with Crippen molar-refractivity contribution in [3.8, 4) is 0 Å². The maximum absolute atomic E-state index is 10.8. The summed E-state index contributed by atoms with van der Waals surface area (Å²) >= 11 is 0. The summed E-state index contributed by atoms with van der Waals surface area (Å²) in [6.07, 6.45) is 1.02. The number of hydrogen-bond donors (Lipinski definition) is 2. The second-order valence-electron chi connectivity index (χ2n) is 3.09. The Hall–Kier alpha value is -0.610. The van der Waals surface area contributed by atoms with Crippen LogP contribution < -0.4 is 5.32 Å². The molecule has 70 valence electrons. The van der Waals surface area contributed by atoms with Crippen LogP contribution in [0.25, 0.3) is 0 Å². The van der Waals surface area contributed by atoms with E-state index in [0.717, 1.165) is 26.1 Å². The summed E-state index contributed by atoms with van der Waals surface area (Å²) in [4.78, 5) is 12.8. The molecule has 0 aromatic rings. The number of rotatable bonds is 3. The summed E-state index contributed by atoms with van der Waals surface area (Å²) in [5, 5.41) is 11.9. The van der Waals surface area contributed by atoms with Crippen LogP contribution in [-0.2, 0) is 4.79 Å². The van der Waals surface area contributed by atoms with Gasteiger partial charge in [-0.3, -0.25) is 9.69 Å². The minimum Gasteiger partial charge on any atom is -0.480 e. The van der Waals surface area contributed by atoms with Crippen molar-refractivity contribution in [2.45, 2.75) is 19.4 Å². The number of carboxylic acid groups (broad SMARTS) is 1. The monoisotopic (exact) mass is 172 g/mol. The first-order valence-electron chi connectivity index (χ1n) is 4.43. The van der Waals surface area contributed by atoms with Crippen molar-refractivity contribution < 1.29 is 9.90 Å². The lowest BCUT2D eigenvalue weighted by Gasteiger charge is -2.32. The number of carbonyl (C=O) groups is 1. The number of nitrogens with one attached hydrogen (secondary N) is 1. The number of nitrogens with zero attached hydrogens (tertiary/aromatic N) is 1. The van der Waals surface area contributed by atoms with Crippen LogP contribution in [-0.4, -0.2) is 48.2 Å². The maximum Gasteiger partial charge on any atom is 0.322 e. The molecule has 0 aliphatic carbocycles. The molecule has 4 nitrogen and oxygen atoms in total. The van der Waals surface area contributed by atoms with Gasteiger partial charge in [0.2, 0.25) is 0 Å². The van der Waals surface area contributed by atoms with E-state index in [1.165, 1.54) is 0 Å². The highest BCUT2D eigenvalue weighted by Gasteiger charge is 2.26. The summed E-state index contributed by atoms with van der Waals surface area (Å²) in [7, 11) is 0. The fourth-order valence-corrected chi connectivity index (χ4v) is 1.54. The Labute approximate surface area is 72.6 Å². The van der Waals surface area contributed by atoms with Crippen molar-refractivity contribution in [1.29, 1.82) is 0 Å². The SMILES string of the molecule is CCCN1CCNCC1C(=O)O. The van der Waals surface area contributed by atoms with Crippen LogP contribution in [0.4, 0.5) is 0 Å². The lowest BCUT2D eigenvalue weighted by molar-refractivity contribution is -0.143. The van der Waals surface area contributed by atoms with Gasteiger partial charge in [-0.1, -0.05) is 6.92 Å². The summed E-state index contributed by atoms with van der Waals surface area (Å²) in [6.45, 7) is 5.30. The van der Waals surface area contributed by atoms with Crippen LogP contribution in [0.15, 0.2) is 0 Å². The van der Waals surface area contributed by atoms with Gasteiger partial charge in [-0.25, -0.2) is 0 Å². The first kappa shape index (κ1) is 9.48. The highest BCUT2D eigenvalue weighted by molar-refractivity contribution is 5.73. The van der Waals surface area contributed by atoms with Gasteiger partial charge in [-0.2, -0.15) is 0 Å². The summed E-state index contributed by atoms with van der Waals surface area (Å²) in [5.41, 5.74) is 0. The molecule has 0 aromatic carbocycles. The van der Waals surface area contributed by atoms with E-state index in [9.17, 15) is 4.79 Å². The van der Waals surface area contributed by atoms with E-state index in [-0.39, 0.29) is 6.04 Å². The normalized spacial score (nSPS) is 25.6. The Morgan fingerprint density at radius 1 is 1.75 bits per heavy atom. The molecule has 1 aliphatic rings. The molecule has 2 N–H and O–H groups in total. The van der Waals surface area contributed by atoms with Gasteiger partial charge in [0.25, 0.3) is 0 Å². The molecule has 12 heavy (non-hydrogen) atoms. The molecule has 0 amide bonds. The van der Waals surface area contributed by atoms with Crippen molar-refractivity contribution in [3.05, 3.63) is 0 Å². The van der Waals surface area contributed by atoms with Gasteiger partial charge in [0.05, 0.1) is 0 Å². The minimum absolute atomic E-state index is 0.321. The van der Waals surface area contributed by atoms with E-state index in [4.69, 9.17) is 5.11 Å². The van der Waals surface area contributed by atoms with Crippen LogP contribution in [0.1, 0.15) is 13.3 Å². The smallest absolute Gasteiger partial charge is 0.322 e. The quantitative estimate of drug-likeness (QED) is 0.616. The van der Waals surface area contributed by atoms with E-state index in [0.29, 0.717) is 6.54 Å². The highest BCUT2D eigenvalue weighted by Crippen LogP contribution is 2.03. The molecule has 0 radical (unpaired) electrons. The molecule has 0 aromatic heterocycles. The van der Waals surface area contributed by atoms with Crippen molar-refractivity contribution >= 4 is 5.97 Å². The third-order valence-corrected chi connectivity index (χ3v) is 2.15. The molecule has 0 spiro atoms. The molecule has 4 heteroatoms. The molecule has 1 saturated heterocycles. The Morgan fingerprint density at radius 3 is 3.08 bits per heavy atom. The topological polar surface area (TPSA) is 52.6 Å². The van der Waals surface area contributed by atoms with Crippen molar-refractivity contribution in [2.24, 2.45) is 0 Å². The minimum atomic E-state index is -0.712. The van der Waals surface area contributed by atoms with Gasteiger partial charge in [-0.05, 0) is 13.0 Å². The molecule has 1 fully saturated rings. The van der Waals surface area contributed by atoms with Crippen LogP contribution in [0.3, 0.4) is 0 Å². The zero-order chi connectivity index (χ0) is 8.97. The van der Waals surface area contributed by atoms with Gasteiger partial charge < -0.3 is 10.4 Å². The Morgan fingerprint density at radius 2 is 2.50 bits per heavy atom. The fourth-order valence-electron chi connectivity index (χ4n) is 1.54. The van der Waals surface area contributed by atoms with E-state index in [2.05, 4.69) is 12.2 Å². The standard InChI is InChI=1S/C8H16N2O2/c1-2-4-10-5-3-9-6-7(10)8(11)12/h7,9H,2-6H2,1H3,(H,11,12). The van der Waals surface area contributed by atoms with Crippen LogP contribution >= 0.6 is 0 Å². The zero-order valence-corrected chi connectivity index (χ0v) is 7.42. The molecule has 0 bridgehead atoms. The Bertz CT molecular complexity index is 159. The lowest BCUT2D eigenvalue weighted by atomic mass is 10.2. The average Bonchev–Trinajstić information content (AvgIpc) is 2.05. The second kappa shape index (κ2) is 4.42. The van der Waals surface area contributed by atoms with Gasteiger partial charge in [0, 0.05) is 19.6 Å². The summed E-state index contributed by atoms with van der Waals surface area (Å²) in [6, 6.07) is -0.321. The molecule has 1 aliphatic heterocycles. The van der Waals surface area contributed by atoms with Gasteiger partial charge in [0.1, 0.15) is 6.04 Å². The molecule has 1 rings (SSSR count). The van der Waals surface area contributed by atoms with E-state index < -0.39 is 5.97 Å². The predicted octanol–water partition coefficient (Wildman–Crippen LogP) is -0.245. The molecule has 0 saturated carbocycles. The molecule has 1 unspecified atom stereocenters. The fraction of sp³-hybridized carbons (Fsp3) is 0.875. The molecule has 1 heterocycles. The van der Waals surface area contributed by atoms with Gasteiger partial charge >= 0.3 is 5.97 Å². The maximum atomic E-state index is 10.8. The van der Waals surface area contributed by atoms with E-state index >= 15 is 0 Å². The predicted molar refractivity (Wildman–Crippen MR) is 46.2 cm³/mol. The number of piperazine rings is 1. The number of carboxylic acids is 1. The van der Waals surface area contributed by atoms with E-state index in [1.807, 2.05) is 4.90 Å². The average molecular weight is 172 g/mol. The first-order chi connectivity index (χ1) is 5.75. The lowest BCUT2D eigenvalue weighted by Crippen LogP contribution is -2.54. The molecular formula is C8H16N2O2. The Balaban J connectivity index is 2.48. The largest absolute Gasteiger partial charge is 0.480 e. The third kappa shape index (κ3) is 2.19. The third-order valence-electron chi connectivity index (χ3n) is 2.15. The van der Waals surface area contributed by atoms with Crippen LogP contribution in [0.2, 0.25) is 0 Å². The van der Waals surface area contributed by atoms with Gasteiger partial charge in [-0.15, -0.1) is 0 Å². The van der Waals surface area contributed by atoms with E-state index in [1.54, 1.807) is 0 Å². The number of aliphatic carboxylic acids is 1. The summed E-state index contributed by atoms with van der Waals surface area (Å²) in [5.74, 6) is -0.712.